The van der Waals surface area contributed by atoms with E-state index in [1.807, 2.05) is 13.8 Å². The van der Waals surface area contributed by atoms with Crippen molar-refractivity contribution in [3.8, 4) is 0 Å². The van der Waals surface area contributed by atoms with Crippen LogP contribution in [0.15, 0.2) is 0 Å². The summed E-state index contributed by atoms with van der Waals surface area (Å²) in [6.07, 6.45) is 3.87. The maximum absolute atomic E-state index is 12.1. The summed E-state index contributed by atoms with van der Waals surface area (Å²) in [5.41, 5.74) is 0. The van der Waals surface area contributed by atoms with Crippen molar-refractivity contribution >= 4 is 21.8 Å². The van der Waals surface area contributed by atoms with Crippen molar-refractivity contribution in [2.75, 3.05) is 19.0 Å². The zero-order valence-corrected chi connectivity index (χ0v) is 12.2. The average Bonchev–Trinajstić information content (AvgIpc) is 2.27. The molecule has 4 nitrogen and oxygen atoms in total. The lowest BCUT2D eigenvalue weighted by Crippen LogP contribution is -2.48. The SMILES string of the molecule is CC(CCCl)CNS(=O)(=O)N1CCCCC1C. The number of hydrogen-bond acceptors (Lipinski definition) is 2. The molecule has 1 rings (SSSR count). The molecule has 0 radical (unpaired) electrons. The van der Waals surface area contributed by atoms with Crippen LogP contribution in [0.3, 0.4) is 0 Å². The summed E-state index contributed by atoms with van der Waals surface area (Å²) in [7, 11) is -3.31. The number of nitrogens with zero attached hydrogens (tertiary/aromatic N) is 1. The molecule has 0 saturated carbocycles. The largest absolute Gasteiger partial charge is 0.279 e. The van der Waals surface area contributed by atoms with E-state index in [1.165, 1.54) is 0 Å². The Balaban J connectivity index is 2.49. The van der Waals surface area contributed by atoms with Crippen molar-refractivity contribution in [2.24, 2.45) is 5.92 Å². The van der Waals surface area contributed by atoms with Gasteiger partial charge in [-0.1, -0.05) is 13.3 Å². The molecule has 1 fully saturated rings. The van der Waals surface area contributed by atoms with E-state index in [1.54, 1.807) is 4.31 Å². The highest BCUT2D eigenvalue weighted by molar-refractivity contribution is 7.87. The van der Waals surface area contributed by atoms with Crippen molar-refractivity contribution in [3.63, 3.8) is 0 Å². The lowest BCUT2D eigenvalue weighted by atomic mass is 10.1. The van der Waals surface area contributed by atoms with E-state index in [9.17, 15) is 8.42 Å². The number of rotatable bonds is 6. The van der Waals surface area contributed by atoms with E-state index in [2.05, 4.69) is 4.72 Å². The van der Waals surface area contributed by atoms with Gasteiger partial charge in [0.1, 0.15) is 0 Å². The predicted molar refractivity (Wildman–Crippen MR) is 71.4 cm³/mol. The average molecular weight is 283 g/mol. The van der Waals surface area contributed by atoms with Crippen LogP contribution in [0.2, 0.25) is 0 Å². The lowest BCUT2D eigenvalue weighted by molar-refractivity contribution is 0.264. The third-order valence-corrected chi connectivity index (χ3v) is 5.18. The highest BCUT2D eigenvalue weighted by Gasteiger charge is 2.29. The molecule has 2 unspecified atom stereocenters. The summed E-state index contributed by atoms with van der Waals surface area (Å²) in [6, 6.07) is 0.115. The molecule has 6 heteroatoms. The van der Waals surface area contributed by atoms with Gasteiger partial charge in [-0.15, -0.1) is 11.6 Å². The third-order valence-electron chi connectivity index (χ3n) is 3.27. The molecule has 1 saturated heterocycles. The van der Waals surface area contributed by atoms with Crippen LogP contribution in [0.5, 0.6) is 0 Å². The Kier molecular flexibility index (Phi) is 6.20. The van der Waals surface area contributed by atoms with Crippen molar-refractivity contribution in [1.82, 2.24) is 9.03 Å². The van der Waals surface area contributed by atoms with Gasteiger partial charge in [-0.2, -0.15) is 12.7 Å². The van der Waals surface area contributed by atoms with Gasteiger partial charge >= 0.3 is 0 Å². The van der Waals surface area contributed by atoms with E-state index in [4.69, 9.17) is 11.6 Å². The Morgan fingerprint density at radius 3 is 2.76 bits per heavy atom. The van der Waals surface area contributed by atoms with E-state index in [-0.39, 0.29) is 12.0 Å². The molecular weight excluding hydrogens is 260 g/mol. The van der Waals surface area contributed by atoms with Crippen molar-refractivity contribution < 1.29 is 8.42 Å². The summed E-state index contributed by atoms with van der Waals surface area (Å²) in [5.74, 6) is 0.852. The molecule has 1 aliphatic heterocycles. The van der Waals surface area contributed by atoms with Crippen molar-refractivity contribution in [3.05, 3.63) is 0 Å². The fourth-order valence-corrected chi connectivity index (χ4v) is 4.03. The van der Waals surface area contributed by atoms with Gasteiger partial charge < -0.3 is 0 Å². The quantitative estimate of drug-likeness (QED) is 0.757. The second-order valence-electron chi connectivity index (χ2n) is 4.89. The van der Waals surface area contributed by atoms with Crippen LogP contribution in [0.1, 0.15) is 39.5 Å². The molecular formula is C11H23ClN2O2S. The smallest absolute Gasteiger partial charge is 0.202 e. The Labute approximate surface area is 110 Å². The van der Waals surface area contributed by atoms with Crippen LogP contribution in [0.25, 0.3) is 0 Å². The summed E-state index contributed by atoms with van der Waals surface area (Å²) in [5, 5.41) is 0. The molecule has 2 atom stereocenters. The molecule has 0 spiro atoms. The molecule has 0 aromatic heterocycles. The number of alkyl halides is 1. The fraction of sp³-hybridized carbons (Fsp3) is 1.00. The maximum Gasteiger partial charge on any atom is 0.279 e. The van der Waals surface area contributed by atoms with E-state index in [0.717, 1.165) is 25.7 Å². The van der Waals surface area contributed by atoms with Crippen molar-refractivity contribution in [2.45, 2.75) is 45.6 Å². The Morgan fingerprint density at radius 2 is 2.18 bits per heavy atom. The summed E-state index contributed by atoms with van der Waals surface area (Å²) in [4.78, 5) is 0. The van der Waals surface area contributed by atoms with Crippen LogP contribution in [0, 0.1) is 5.92 Å². The van der Waals surface area contributed by atoms with Crippen LogP contribution in [-0.2, 0) is 10.2 Å². The third kappa shape index (κ3) is 4.73. The first kappa shape index (κ1) is 15.2. The first-order chi connectivity index (χ1) is 7.97. The first-order valence-corrected chi connectivity index (χ1v) is 8.27. The summed E-state index contributed by atoms with van der Waals surface area (Å²) >= 11 is 5.63. The first-order valence-electron chi connectivity index (χ1n) is 6.29. The molecule has 1 N–H and O–H groups in total. The van der Waals surface area contributed by atoms with E-state index in [0.29, 0.717) is 19.0 Å². The zero-order chi connectivity index (χ0) is 12.9. The maximum atomic E-state index is 12.1. The molecule has 1 heterocycles. The van der Waals surface area contributed by atoms with Crippen LogP contribution in [-0.4, -0.2) is 37.7 Å². The lowest BCUT2D eigenvalue weighted by Gasteiger charge is -2.32. The fourth-order valence-electron chi connectivity index (χ4n) is 2.05. The van der Waals surface area contributed by atoms with Gasteiger partial charge in [0.25, 0.3) is 10.2 Å². The molecule has 0 aliphatic carbocycles. The van der Waals surface area contributed by atoms with Gasteiger partial charge in [0.05, 0.1) is 0 Å². The van der Waals surface area contributed by atoms with E-state index >= 15 is 0 Å². The molecule has 102 valence electrons. The van der Waals surface area contributed by atoms with Crippen LogP contribution >= 0.6 is 11.6 Å². The van der Waals surface area contributed by atoms with Crippen LogP contribution < -0.4 is 4.72 Å². The molecule has 1 aliphatic rings. The molecule has 17 heavy (non-hydrogen) atoms. The van der Waals surface area contributed by atoms with Gasteiger partial charge in [-0.25, -0.2) is 4.72 Å². The van der Waals surface area contributed by atoms with Gasteiger partial charge in [-0.3, -0.25) is 0 Å². The summed E-state index contributed by atoms with van der Waals surface area (Å²) in [6.45, 7) is 5.09. The minimum Gasteiger partial charge on any atom is -0.202 e. The van der Waals surface area contributed by atoms with Crippen LogP contribution in [0.4, 0.5) is 0 Å². The minimum absolute atomic E-state index is 0.115. The highest BCUT2D eigenvalue weighted by atomic mass is 35.5. The number of nitrogens with one attached hydrogen (secondary N) is 1. The second-order valence-corrected chi connectivity index (χ2v) is 6.98. The topological polar surface area (TPSA) is 49.4 Å². The predicted octanol–water partition coefficient (Wildman–Crippen LogP) is 1.96. The Hall–Kier alpha value is 0.160. The molecule has 0 bridgehead atoms. The number of hydrogen-bond donors (Lipinski definition) is 1. The number of piperidine rings is 1. The second kappa shape index (κ2) is 6.92. The van der Waals surface area contributed by atoms with Crippen molar-refractivity contribution in [1.29, 1.82) is 0 Å². The minimum atomic E-state index is -3.31. The van der Waals surface area contributed by atoms with Gasteiger partial charge in [0, 0.05) is 25.0 Å². The monoisotopic (exact) mass is 282 g/mol. The Morgan fingerprint density at radius 1 is 1.47 bits per heavy atom. The molecule has 0 amide bonds. The standard InChI is InChI=1S/C11H23ClN2O2S/c1-10(6-7-12)9-13-17(15,16)14-8-4-3-5-11(14)2/h10-11,13H,3-9H2,1-2H3. The highest BCUT2D eigenvalue weighted by Crippen LogP contribution is 2.19. The van der Waals surface area contributed by atoms with E-state index < -0.39 is 10.2 Å². The van der Waals surface area contributed by atoms with Gasteiger partial charge in [0.2, 0.25) is 0 Å². The van der Waals surface area contributed by atoms with Gasteiger partial charge in [-0.05, 0) is 32.1 Å². The Bertz CT molecular complexity index is 321. The van der Waals surface area contributed by atoms with Gasteiger partial charge in [0.15, 0.2) is 0 Å². The number of halogens is 1. The zero-order valence-electron chi connectivity index (χ0n) is 10.7. The summed E-state index contributed by atoms with van der Waals surface area (Å²) < 4.78 is 28.4. The molecule has 0 aromatic rings. The normalized spacial score (nSPS) is 24.8. The molecule has 0 aromatic carbocycles.